The number of amides is 1. The van der Waals surface area contributed by atoms with Crippen molar-refractivity contribution in [2.24, 2.45) is 0 Å². The summed E-state index contributed by atoms with van der Waals surface area (Å²) in [6, 6.07) is 12.0. The van der Waals surface area contributed by atoms with Crippen LogP contribution in [0.15, 0.2) is 59.3 Å². The number of methoxy groups -OCH3 is 1. The first-order valence-electron chi connectivity index (χ1n) is 9.76. The molecule has 1 amide bonds. The Morgan fingerprint density at radius 1 is 1.16 bits per heavy atom. The molecule has 2 N–H and O–H groups in total. The highest BCUT2D eigenvalue weighted by Crippen LogP contribution is 2.26. The molecule has 0 saturated carbocycles. The van der Waals surface area contributed by atoms with Crippen LogP contribution in [0.2, 0.25) is 0 Å². The van der Waals surface area contributed by atoms with E-state index in [4.69, 9.17) is 10.5 Å². The third-order valence-electron chi connectivity index (χ3n) is 4.97. The number of benzene rings is 1. The second-order valence-electron chi connectivity index (χ2n) is 7.05. The van der Waals surface area contributed by atoms with Gasteiger partial charge >= 0.3 is 0 Å². The molecule has 0 aliphatic carbocycles. The largest absolute Gasteiger partial charge is 0.480 e. The summed E-state index contributed by atoms with van der Waals surface area (Å²) in [7, 11) is 1.52. The standard InChI is InChI=1S/C22H20BrN7O2/c1-13(21-25-8-3-9-26-21)30(12-16-5-7-19(32-2)29-28-16)22(31)14-4-6-18-15(10-14)11-17(23)20(24)27-18/h3-11,13H,12H2,1-2H3,(H2,24,27). The van der Waals surface area contributed by atoms with Gasteiger partial charge < -0.3 is 15.4 Å². The van der Waals surface area contributed by atoms with Gasteiger partial charge in [0.05, 0.1) is 35.4 Å². The number of rotatable bonds is 6. The molecule has 0 radical (unpaired) electrons. The van der Waals surface area contributed by atoms with Gasteiger partial charge in [-0.25, -0.2) is 15.0 Å². The van der Waals surface area contributed by atoms with E-state index in [1.807, 2.05) is 13.0 Å². The Hall–Kier alpha value is -3.66. The fraction of sp³-hybridized carbons (Fsp3) is 0.182. The minimum absolute atomic E-state index is 0.197. The molecule has 0 aliphatic heterocycles. The number of nitrogen functional groups attached to an aromatic ring is 1. The van der Waals surface area contributed by atoms with E-state index < -0.39 is 6.04 Å². The zero-order valence-electron chi connectivity index (χ0n) is 17.4. The molecule has 0 bridgehead atoms. The van der Waals surface area contributed by atoms with E-state index in [2.05, 4.69) is 41.1 Å². The molecule has 4 rings (SSSR count). The first-order chi connectivity index (χ1) is 15.5. The van der Waals surface area contributed by atoms with Crippen LogP contribution in [-0.2, 0) is 6.54 Å². The lowest BCUT2D eigenvalue weighted by molar-refractivity contribution is 0.0663. The van der Waals surface area contributed by atoms with Crippen molar-refractivity contribution in [3.05, 3.63) is 76.4 Å². The average Bonchev–Trinajstić information content (AvgIpc) is 2.83. The van der Waals surface area contributed by atoms with E-state index in [0.717, 1.165) is 5.39 Å². The molecule has 3 aromatic heterocycles. The highest BCUT2D eigenvalue weighted by molar-refractivity contribution is 9.10. The number of nitrogens with zero attached hydrogens (tertiary/aromatic N) is 6. The second-order valence-corrected chi connectivity index (χ2v) is 7.90. The Labute approximate surface area is 192 Å². The smallest absolute Gasteiger partial charge is 0.254 e. The van der Waals surface area contributed by atoms with Gasteiger partial charge in [-0.2, -0.15) is 5.10 Å². The number of carbonyl (C=O) groups is 1. The van der Waals surface area contributed by atoms with Gasteiger partial charge in [0.15, 0.2) is 0 Å². The van der Waals surface area contributed by atoms with Crippen LogP contribution in [0.5, 0.6) is 5.88 Å². The summed E-state index contributed by atoms with van der Waals surface area (Å²) in [5.41, 5.74) is 7.69. The summed E-state index contributed by atoms with van der Waals surface area (Å²) < 4.78 is 5.75. The highest BCUT2D eigenvalue weighted by atomic mass is 79.9. The lowest BCUT2D eigenvalue weighted by atomic mass is 10.1. The van der Waals surface area contributed by atoms with Crippen molar-refractivity contribution in [1.82, 2.24) is 30.0 Å². The van der Waals surface area contributed by atoms with Crippen LogP contribution in [-0.4, -0.2) is 43.1 Å². The molecule has 0 aliphatic rings. The minimum Gasteiger partial charge on any atom is -0.480 e. The molecule has 1 atom stereocenters. The van der Waals surface area contributed by atoms with E-state index in [-0.39, 0.29) is 12.5 Å². The maximum absolute atomic E-state index is 13.6. The molecule has 4 aromatic rings. The molecule has 3 heterocycles. The minimum atomic E-state index is -0.403. The van der Waals surface area contributed by atoms with Crippen molar-refractivity contribution in [2.75, 3.05) is 12.8 Å². The van der Waals surface area contributed by atoms with Crippen LogP contribution in [0.4, 0.5) is 5.82 Å². The number of halogens is 1. The Morgan fingerprint density at radius 2 is 1.94 bits per heavy atom. The number of ether oxygens (including phenoxy) is 1. The van der Waals surface area contributed by atoms with Crippen LogP contribution in [0.3, 0.4) is 0 Å². The first kappa shape index (κ1) is 21.6. The predicted octanol–water partition coefficient (Wildman–Crippen LogP) is 3.57. The first-order valence-corrected chi connectivity index (χ1v) is 10.6. The number of aromatic nitrogens is 5. The number of anilines is 1. The van der Waals surface area contributed by atoms with Crippen molar-refractivity contribution in [2.45, 2.75) is 19.5 Å². The van der Waals surface area contributed by atoms with Crippen molar-refractivity contribution < 1.29 is 9.53 Å². The number of hydrogen-bond donors (Lipinski definition) is 1. The molecule has 9 nitrogen and oxygen atoms in total. The van der Waals surface area contributed by atoms with Crippen LogP contribution >= 0.6 is 15.9 Å². The molecular weight excluding hydrogens is 474 g/mol. The van der Waals surface area contributed by atoms with Crippen molar-refractivity contribution >= 4 is 38.6 Å². The lowest BCUT2D eigenvalue weighted by Crippen LogP contribution is -2.34. The Morgan fingerprint density at radius 3 is 2.62 bits per heavy atom. The Balaban J connectivity index is 1.71. The van der Waals surface area contributed by atoms with E-state index in [9.17, 15) is 4.79 Å². The number of fused-ring (bicyclic) bond motifs is 1. The van der Waals surface area contributed by atoms with Crippen molar-refractivity contribution in [3.8, 4) is 5.88 Å². The van der Waals surface area contributed by atoms with E-state index in [1.165, 1.54) is 7.11 Å². The summed E-state index contributed by atoms with van der Waals surface area (Å²) >= 11 is 3.39. The maximum atomic E-state index is 13.6. The maximum Gasteiger partial charge on any atom is 0.254 e. The quantitative estimate of drug-likeness (QED) is 0.432. The van der Waals surface area contributed by atoms with Gasteiger partial charge in [0, 0.05) is 29.4 Å². The van der Waals surface area contributed by atoms with Gasteiger partial charge in [-0.3, -0.25) is 4.79 Å². The zero-order chi connectivity index (χ0) is 22.7. The van der Waals surface area contributed by atoms with E-state index in [1.54, 1.807) is 53.7 Å². The third-order valence-corrected chi connectivity index (χ3v) is 5.60. The van der Waals surface area contributed by atoms with Crippen LogP contribution < -0.4 is 10.5 Å². The lowest BCUT2D eigenvalue weighted by Gasteiger charge is -2.28. The monoisotopic (exact) mass is 493 g/mol. The van der Waals surface area contributed by atoms with Gasteiger partial charge in [0.25, 0.3) is 5.91 Å². The Kier molecular flexibility index (Phi) is 6.22. The van der Waals surface area contributed by atoms with Gasteiger partial charge in [0.1, 0.15) is 11.6 Å². The van der Waals surface area contributed by atoms with Gasteiger partial charge in [-0.15, -0.1) is 5.10 Å². The summed E-state index contributed by atoms with van der Waals surface area (Å²) in [5.74, 6) is 1.13. The third kappa shape index (κ3) is 4.50. The fourth-order valence-corrected chi connectivity index (χ4v) is 3.57. The molecule has 32 heavy (non-hydrogen) atoms. The summed E-state index contributed by atoms with van der Waals surface area (Å²) in [5, 5.41) is 8.98. The zero-order valence-corrected chi connectivity index (χ0v) is 19.0. The Bertz CT molecular complexity index is 1250. The van der Waals surface area contributed by atoms with Gasteiger partial charge in [-0.05, 0) is 59.3 Å². The van der Waals surface area contributed by atoms with Crippen LogP contribution in [0, 0.1) is 0 Å². The fourth-order valence-electron chi connectivity index (χ4n) is 3.23. The molecule has 1 aromatic carbocycles. The summed E-state index contributed by atoms with van der Waals surface area (Å²) in [6.45, 7) is 2.10. The molecule has 0 spiro atoms. The summed E-state index contributed by atoms with van der Waals surface area (Å²) in [6.07, 6.45) is 3.30. The SMILES string of the molecule is COc1ccc(CN(C(=O)c2ccc3nc(N)c(Br)cc3c2)C(C)c2ncccn2)nn1. The molecule has 1 unspecified atom stereocenters. The highest BCUT2D eigenvalue weighted by Gasteiger charge is 2.26. The normalized spacial score (nSPS) is 11.8. The average molecular weight is 494 g/mol. The van der Waals surface area contributed by atoms with Gasteiger partial charge in [-0.1, -0.05) is 0 Å². The summed E-state index contributed by atoms with van der Waals surface area (Å²) in [4.78, 5) is 28.3. The number of nitrogens with two attached hydrogens (primary N) is 1. The number of hydrogen-bond acceptors (Lipinski definition) is 8. The van der Waals surface area contributed by atoms with E-state index in [0.29, 0.717) is 38.8 Å². The second kappa shape index (κ2) is 9.23. The number of pyridine rings is 1. The van der Waals surface area contributed by atoms with E-state index >= 15 is 0 Å². The molecule has 162 valence electrons. The molecule has 0 saturated heterocycles. The predicted molar refractivity (Wildman–Crippen MR) is 123 cm³/mol. The van der Waals surface area contributed by atoms with Crippen molar-refractivity contribution in [3.63, 3.8) is 0 Å². The molecule has 10 heteroatoms. The van der Waals surface area contributed by atoms with Crippen LogP contribution in [0.25, 0.3) is 10.9 Å². The molecule has 0 fully saturated rings. The molecular formula is C22H20BrN7O2. The van der Waals surface area contributed by atoms with Gasteiger partial charge in [0.2, 0.25) is 5.88 Å². The van der Waals surface area contributed by atoms with Crippen molar-refractivity contribution in [1.29, 1.82) is 0 Å². The topological polar surface area (TPSA) is 120 Å². The number of carbonyl (C=O) groups excluding carboxylic acids is 1. The van der Waals surface area contributed by atoms with Crippen LogP contribution in [0.1, 0.15) is 34.8 Å².